The molecule has 0 bridgehead atoms. The van der Waals surface area contributed by atoms with E-state index in [1.165, 1.54) is 6.26 Å². The Morgan fingerprint density at radius 2 is 1.73 bits per heavy atom. The van der Waals surface area contributed by atoms with Crippen LogP contribution in [0.4, 0.5) is 4.79 Å². The van der Waals surface area contributed by atoms with Crippen molar-refractivity contribution in [2.45, 2.75) is 20.4 Å². The number of rotatable bonds is 2. The standard InChI is InChI=1S/C28H29N5O4/c1-18-14-21(20-5-6-23-24(16-20)30-19(2)29-23)15-22-17-33(11-13-37-26(18)22)28(35)32-9-7-31(8-10-32)27(34)25-4-3-12-36-25/h3-6,12,14-16H,7-11,13,17H2,1-2H3,(H,29,30). The lowest BCUT2D eigenvalue weighted by Crippen LogP contribution is -2.54. The number of aromatic nitrogens is 2. The maximum absolute atomic E-state index is 13.5. The molecular weight excluding hydrogens is 470 g/mol. The van der Waals surface area contributed by atoms with Gasteiger partial charge in [-0.25, -0.2) is 9.78 Å². The van der Waals surface area contributed by atoms with Crippen LogP contribution in [0.3, 0.4) is 0 Å². The molecule has 0 spiro atoms. The van der Waals surface area contributed by atoms with E-state index in [-0.39, 0.29) is 11.9 Å². The molecule has 0 atom stereocenters. The van der Waals surface area contributed by atoms with Gasteiger partial charge in [0, 0.05) is 31.7 Å². The van der Waals surface area contributed by atoms with E-state index in [0.29, 0.717) is 51.6 Å². The lowest BCUT2D eigenvalue weighted by molar-refractivity contribution is 0.0606. The van der Waals surface area contributed by atoms with E-state index in [9.17, 15) is 9.59 Å². The van der Waals surface area contributed by atoms with Crippen LogP contribution in [-0.2, 0) is 6.54 Å². The molecule has 0 unspecified atom stereocenters. The summed E-state index contributed by atoms with van der Waals surface area (Å²) in [5.41, 5.74) is 6.15. The molecule has 4 aromatic rings. The van der Waals surface area contributed by atoms with Crippen LogP contribution in [0.1, 0.15) is 27.5 Å². The van der Waals surface area contributed by atoms with Gasteiger partial charge in [0.15, 0.2) is 5.76 Å². The fourth-order valence-electron chi connectivity index (χ4n) is 5.22. The molecule has 1 N–H and O–H groups in total. The third kappa shape index (κ3) is 4.41. The number of fused-ring (bicyclic) bond motifs is 2. The second-order valence-electron chi connectivity index (χ2n) is 9.64. The van der Waals surface area contributed by atoms with Crippen molar-refractivity contribution in [3.8, 4) is 16.9 Å². The molecule has 4 heterocycles. The molecule has 9 heteroatoms. The second kappa shape index (κ2) is 9.31. The third-order valence-corrected chi connectivity index (χ3v) is 7.09. The second-order valence-corrected chi connectivity index (χ2v) is 9.64. The smallest absolute Gasteiger partial charge is 0.320 e. The highest BCUT2D eigenvalue weighted by Gasteiger charge is 2.30. The number of carbonyl (C=O) groups excluding carboxylic acids is 2. The Morgan fingerprint density at radius 1 is 0.919 bits per heavy atom. The van der Waals surface area contributed by atoms with Crippen molar-refractivity contribution in [2.75, 3.05) is 39.3 Å². The fraction of sp³-hybridized carbons (Fsp3) is 0.321. The Kier molecular flexibility index (Phi) is 5.82. The number of ether oxygens (including phenoxy) is 1. The molecule has 190 valence electrons. The summed E-state index contributed by atoms with van der Waals surface area (Å²) in [6.45, 7) is 7.34. The van der Waals surface area contributed by atoms with Gasteiger partial charge < -0.3 is 28.8 Å². The number of urea groups is 1. The Morgan fingerprint density at radius 3 is 2.51 bits per heavy atom. The summed E-state index contributed by atoms with van der Waals surface area (Å²) in [6.07, 6.45) is 1.50. The molecule has 6 rings (SSSR count). The number of hydrogen-bond donors (Lipinski definition) is 1. The van der Waals surface area contributed by atoms with Crippen LogP contribution in [-0.4, -0.2) is 75.9 Å². The molecule has 2 aliphatic heterocycles. The number of hydrogen-bond acceptors (Lipinski definition) is 5. The molecule has 2 aromatic carbocycles. The average Bonchev–Trinajstić information content (AvgIpc) is 3.51. The number of H-pyrrole nitrogens is 1. The quantitative estimate of drug-likeness (QED) is 0.446. The molecule has 0 radical (unpaired) electrons. The third-order valence-electron chi connectivity index (χ3n) is 7.09. The van der Waals surface area contributed by atoms with Gasteiger partial charge in [-0.2, -0.15) is 0 Å². The Hall–Kier alpha value is -4.27. The van der Waals surface area contributed by atoms with Gasteiger partial charge in [0.05, 0.1) is 30.4 Å². The molecular formula is C28H29N5O4. The first-order chi connectivity index (χ1) is 18.0. The normalized spacial score (nSPS) is 15.9. The van der Waals surface area contributed by atoms with Crippen LogP contribution >= 0.6 is 0 Å². The first-order valence-corrected chi connectivity index (χ1v) is 12.6. The highest BCUT2D eigenvalue weighted by molar-refractivity contribution is 5.91. The van der Waals surface area contributed by atoms with Crippen molar-refractivity contribution < 1.29 is 18.7 Å². The molecule has 1 fully saturated rings. The van der Waals surface area contributed by atoms with E-state index in [1.54, 1.807) is 17.0 Å². The van der Waals surface area contributed by atoms with Gasteiger partial charge in [0.2, 0.25) is 0 Å². The number of nitrogens with zero attached hydrogens (tertiary/aromatic N) is 4. The number of aromatic amines is 1. The zero-order valence-electron chi connectivity index (χ0n) is 21.0. The van der Waals surface area contributed by atoms with Crippen LogP contribution in [0.5, 0.6) is 5.75 Å². The van der Waals surface area contributed by atoms with Gasteiger partial charge in [0.25, 0.3) is 5.91 Å². The van der Waals surface area contributed by atoms with Crippen molar-refractivity contribution in [3.05, 3.63) is 71.4 Å². The Labute approximate surface area is 214 Å². The summed E-state index contributed by atoms with van der Waals surface area (Å²) in [5.74, 6) is 1.93. The first kappa shape index (κ1) is 23.1. The predicted octanol–water partition coefficient (Wildman–Crippen LogP) is 4.21. The van der Waals surface area contributed by atoms with E-state index in [1.807, 2.05) is 29.7 Å². The number of furan rings is 1. The zero-order chi connectivity index (χ0) is 25.5. The number of benzene rings is 2. The fourth-order valence-corrected chi connectivity index (χ4v) is 5.22. The molecule has 0 saturated carbocycles. The van der Waals surface area contributed by atoms with E-state index < -0.39 is 0 Å². The van der Waals surface area contributed by atoms with Crippen LogP contribution in [0.2, 0.25) is 0 Å². The minimum atomic E-state index is -0.138. The van der Waals surface area contributed by atoms with Crippen LogP contribution in [0, 0.1) is 13.8 Å². The molecule has 1 saturated heterocycles. The Bertz CT molecular complexity index is 1470. The summed E-state index contributed by atoms with van der Waals surface area (Å²) in [7, 11) is 0. The summed E-state index contributed by atoms with van der Waals surface area (Å²) in [6, 6.07) is 13.8. The summed E-state index contributed by atoms with van der Waals surface area (Å²) < 4.78 is 11.3. The van der Waals surface area contributed by atoms with Crippen molar-refractivity contribution in [1.29, 1.82) is 0 Å². The van der Waals surface area contributed by atoms with Gasteiger partial charge in [-0.05, 0) is 66.9 Å². The number of amides is 3. The molecule has 0 aliphatic carbocycles. The molecule has 9 nitrogen and oxygen atoms in total. The maximum Gasteiger partial charge on any atom is 0.320 e. The molecule has 37 heavy (non-hydrogen) atoms. The highest BCUT2D eigenvalue weighted by Crippen LogP contribution is 2.34. The summed E-state index contributed by atoms with van der Waals surface area (Å²) in [5, 5.41) is 0. The Balaban J connectivity index is 1.19. The van der Waals surface area contributed by atoms with Gasteiger partial charge in [0.1, 0.15) is 18.2 Å². The van der Waals surface area contributed by atoms with Gasteiger partial charge in [-0.1, -0.05) is 6.07 Å². The highest BCUT2D eigenvalue weighted by atomic mass is 16.5. The van der Waals surface area contributed by atoms with Crippen molar-refractivity contribution in [2.24, 2.45) is 0 Å². The number of imidazole rings is 1. The number of carbonyl (C=O) groups is 2. The van der Waals surface area contributed by atoms with Gasteiger partial charge in [-0.15, -0.1) is 0 Å². The largest absolute Gasteiger partial charge is 0.491 e. The van der Waals surface area contributed by atoms with Crippen molar-refractivity contribution in [3.63, 3.8) is 0 Å². The topological polar surface area (TPSA) is 94.9 Å². The monoisotopic (exact) mass is 499 g/mol. The summed E-state index contributed by atoms with van der Waals surface area (Å²) >= 11 is 0. The lowest BCUT2D eigenvalue weighted by Gasteiger charge is -2.37. The van der Waals surface area contributed by atoms with E-state index >= 15 is 0 Å². The summed E-state index contributed by atoms with van der Waals surface area (Å²) in [4.78, 5) is 39.3. The maximum atomic E-state index is 13.5. The lowest BCUT2D eigenvalue weighted by atomic mass is 9.98. The minimum absolute atomic E-state index is 0.0287. The number of aryl methyl sites for hydroxylation is 2. The molecule has 2 aromatic heterocycles. The van der Waals surface area contributed by atoms with Crippen molar-refractivity contribution in [1.82, 2.24) is 24.7 Å². The van der Waals surface area contributed by atoms with E-state index in [2.05, 4.69) is 34.2 Å². The minimum Gasteiger partial charge on any atom is -0.491 e. The predicted molar refractivity (Wildman–Crippen MR) is 138 cm³/mol. The average molecular weight is 500 g/mol. The molecule has 3 amide bonds. The van der Waals surface area contributed by atoms with E-state index in [4.69, 9.17) is 9.15 Å². The first-order valence-electron chi connectivity index (χ1n) is 12.6. The van der Waals surface area contributed by atoms with Crippen LogP contribution in [0.25, 0.3) is 22.2 Å². The molecule has 2 aliphatic rings. The zero-order valence-corrected chi connectivity index (χ0v) is 21.0. The van der Waals surface area contributed by atoms with Crippen LogP contribution < -0.4 is 4.74 Å². The number of piperazine rings is 1. The van der Waals surface area contributed by atoms with E-state index in [0.717, 1.165) is 44.9 Å². The van der Waals surface area contributed by atoms with Gasteiger partial charge in [-0.3, -0.25) is 4.79 Å². The van der Waals surface area contributed by atoms with Crippen molar-refractivity contribution >= 4 is 23.0 Å². The SMILES string of the molecule is Cc1nc2ccc(-c3cc(C)c4c(c3)CN(C(=O)N3CCN(C(=O)c5ccco5)CC3)CCO4)cc2[nH]1. The number of nitrogens with one attached hydrogen (secondary N) is 1. The van der Waals surface area contributed by atoms with Gasteiger partial charge >= 0.3 is 6.03 Å². The van der Waals surface area contributed by atoms with Crippen LogP contribution in [0.15, 0.2) is 53.1 Å².